The van der Waals surface area contributed by atoms with Crippen LogP contribution in [0, 0.1) is 0 Å². The lowest BCUT2D eigenvalue weighted by Gasteiger charge is -2.24. The first kappa shape index (κ1) is 25.3. The Morgan fingerprint density at radius 3 is 2.74 bits per heavy atom. The number of ether oxygens (including phenoxy) is 3. The molecule has 0 saturated carbocycles. The van der Waals surface area contributed by atoms with Crippen LogP contribution >= 0.6 is 0 Å². The van der Waals surface area contributed by atoms with Crippen LogP contribution in [0.5, 0.6) is 17.4 Å². The van der Waals surface area contributed by atoms with Crippen molar-refractivity contribution in [2.45, 2.75) is 51.7 Å². The second-order valence-corrected chi connectivity index (χ2v) is 9.39. The SMILES string of the molecule is COc1ccc(COc2nc(N3c4ccccc4CC3C)ncc2OC(=O)NN2CCCCCC2=O)cc1. The highest BCUT2D eigenvalue weighted by Crippen LogP contribution is 2.38. The molecule has 38 heavy (non-hydrogen) atoms. The molecule has 198 valence electrons. The summed E-state index contributed by atoms with van der Waals surface area (Å²) in [6.45, 7) is 2.74. The van der Waals surface area contributed by atoms with Gasteiger partial charge in [0.25, 0.3) is 5.88 Å². The predicted octanol–water partition coefficient (Wildman–Crippen LogP) is 4.55. The summed E-state index contributed by atoms with van der Waals surface area (Å²) < 4.78 is 16.8. The number of amides is 2. The molecule has 0 radical (unpaired) electrons. The molecule has 10 nitrogen and oxygen atoms in total. The van der Waals surface area contributed by atoms with Gasteiger partial charge in [0.2, 0.25) is 17.6 Å². The van der Waals surface area contributed by atoms with E-state index in [-0.39, 0.29) is 30.2 Å². The Balaban J connectivity index is 1.39. The summed E-state index contributed by atoms with van der Waals surface area (Å²) >= 11 is 0. The van der Waals surface area contributed by atoms with Crippen molar-refractivity contribution in [2.24, 2.45) is 0 Å². The summed E-state index contributed by atoms with van der Waals surface area (Å²) in [6, 6.07) is 15.7. The summed E-state index contributed by atoms with van der Waals surface area (Å²) in [5.74, 6) is 1.23. The molecule has 2 aliphatic heterocycles. The van der Waals surface area contributed by atoms with Crippen LogP contribution in [0.2, 0.25) is 0 Å². The fourth-order valence-corrected chi connectivity index (χ4v) is 4.71. The molecule has 1 N–H and O–H groups in total. The number of hydrazine groups is 1. The van der Waals surface area contributed by atoms with Gasteiger partial charge in [-0.05, 0) is 55.5 Å². The number of carbonyl (C=O) groups is 2. The quantitative estimate of drug-likeness (QED) is 0.487. The van der Waals surface area contributed by atoms with Gasteiger partial charge in [-0.15, -0.1) is 0 Å². The zero-order chi connectivity index (χ0) is 26.5. The second kappa shape index (κ2) is 11.4. The van der Waals surface area contributed by atoms with E-state index in [1.54, 1.807) is 7.11 Å². The molecule has 1 saturated heterocycles. The largest absolute Gasteiger partial charge is 0.497 e. The summed E-state index contributed by atoms with van der Waals surface area (Å²) in [7, 11) is 1.61. The van der Waals surface area contributed by atoms with Crippen LogP contribution in [-0.2, 0) is 17.8 Å². The van der Waals surface area contributed by atoms with Gasteiger partial charge in [-0.25, -0.2) is 15.2 Å². The van der Waals surface area contributed by atoms with Crippen molar-refractivity contribution in [1.82, 2.24) is 20.4 Å². The highest BCUT2D eigenvalue weighted by atomic mass is 16.6. The van der Waals surface area contributed by atoms with E-state index < -0.39 is 6.09 Å². The maximum atomic E-state index is 12.7. The van der Waals surface area contributed by atoms with Crippen LogP contribution in [0.4, 0.5) is 16.4 Å². The third-order valence-electron chi connectivity index (χ3n) is 6.67. The molecule has 0 aliphatic carbocycles. The number of nitrogens with zero attached hydrogens (tertiary/aromatic N) is 4. The normalized spacial score (nSPS) is 17.0. The summed E-state index contributed by atoms with van der Waals surface area (Å²) in [6.07, 6.45) is 4.46. The minimum absolute atomic E-state index is 0.0576. The number of anilines is 2. The Morgan fingerprint density at radius 2 is 1.92 bits per heavy atom. The molecule has 2 amide bonds. The highest BCUT2D eigenvalue weighted by Gasteiger charge is 2.30. The number of carbonyl (C=O) groups excluding carboxylic acids is 2. The topological polar surface area (TPSA) is 106 Å². The van der Waals surface area contributed by atoms with Gasteiger partial charge in [0, 0.05) is 24.7 Å². The van der Waals surface area contributed by atoms with Gasteiger partial charge in [0.15, 0.2) is 0 Å². The molecular weight excluding hydrogens is 486 g/mol. The van der Waals surface area contributed by atoms with E-state index in [2.05, 4.69) is 33.3 Å². The van der Waals surface area contributed by atoms with Crippen LogP contribution < -0.4 is 24.5 Å². The van der Waals surface area contributed by atoms with E-state index in [1.807, 2.05) is 42.5 Å². The van der Waals surface area contributed by atoms with Crippen molar-refractivity contribution in [3.8, 4) is 17.4 Å². The van der Waals surface area contributed by atoms with Crippen molar-refractivity contribution in [2.75, 3.05) is 18.6 Å². The lowest BCUT2D eigenvalue weighted by molar-refractivity contribution is -0.133. The predicted molar refractivity (Wildman–Crippen MR) is 140 cm³/mol. The van der Waals surface area contributed by atoms with Crippen molar-refractivity contribution in [3.63, 3.8) is 0 Å². The van der Waals surface area contributed by atoms with Crippen molar-refractivity contribution in [3.05, 3.63) is 65.9 Å². The second-order valence-electron chi connectivity index (χ2n) is 9.39. The molecule has 1 unspecified atom stereocenters. The summed E-state index contributed by atoms with van der Waals surface area (Å²) in [5.41, 5.74) is 5.68. The van der Waals surface area contributed by atoms with E-state index >= 15 is 0 Å². The van der Waals surface area contributed by atoms with Gasteiger partial charge in [-0.2, -0.15) is 4.98 Å². The van der Waals surface area contributed by atoms with Crippen LogP contribution in [0.1, 0.15) is 43.7 Å². The number of aromatic nitrogens is 2. The number of methoxy groups -OCH3 is 1. The molecular formula is C28H31N5O5. The third-order valence-corrected chi connectivity index (χ3v) is 6.67. The standard InChI is InChI=1S/C28H31N5O5/c1-19-16-21-8-5-6-9-23(21)33(19)27-29-17-24(38-28(35)31-32-15-7-3-4-10-25(32)34)26(30-27)37-18-20-11-13-22(36-2)14-12-20/h5-6,8-9,11-14,17,19H,3-4,7,10,15-16,18H2,1-2H3,(H,31,35). The molecule has 3 aromatic rings. The smallest absolute Gasteiger partial charge is 0.431 e. The van der Waals surface area contributed by atoms with E-state index in [0.29, 0.717) is 18.9 Å². The monoisotopic (exact) mass is 517 g/mol. The maximum Gasteiger partial charge on any atom is 0.431 e. The summed E-state index contributed by atoms with van der Waals surface area (Å²) in [4.78, 5) is 36.2. The summed E-state index contributed by atoms with van der Waals surface area (Å²) in [5, 5.41) is 1.31. The Labute approximate surface area is 221 Å². The van der Waals surface area contributed by atoms with E-state index in [9.17, 15) is 9.59 Å². The first-order valence-electron chi connectivity index (χ1n) is 12.8. The van der Waals surface area contributed by atoms with Crippen LogP contribution in [-0.4, -0.2) is 46.7 Å². The lowest BCUT2D eigenvalue weighted by atomic mass is 10.1. The molecule has 5 rings (SSSR count). The Bertz CT molecular complexity index is 1300. The van der Waals surface area contributed by atoms with E-state index in [0.717, 1.165) is 42.7 Å². The van der Waals surface area contributed by atoms with Crippen LogP contribution in [0.3, 0.4) is 0 Å². The molecule has 1 aromatic heterocycles. The van der Waals surface area contributed by atoms with Gasteiger partial charge in [0.05, 0.1) is 13.3 Å². The lowest BCUT2D eigenvalue weighted by Crippen LogP contribution is -2.47. The van der Waals surface area contributed by atoms with Gasteiger partial charge in [-0.3, -0.25) is 9.80 Å². The van der Waals surface area contributed by atoms with Crippen molar-refractivity contribution in [1.29, 1.82) is 0 Å². The van der Waals surface area contributed by atoms with Gasteiger partial charge < -0.3 is 19.1 Å². The fraction of sp³-hybridized carbons (Fsp3) is 0.357. The average Bonchev–Trinajstić information content (AvgIpc) is 3.14. The van der Waals surface area contributed by atoms with Crippen molar-refractivity contribution < 1.29 is 23.8 Å². The van der Waals surface area contributed by atoms with Crippen molar-refractivity contribution >= 4 is 23.6 Å². The maximum absolute atomic E-state index is 12.7. The minimum Gasteiger partial charge on any atom is -0.497 e. The fourth-order valence-electron chi connectivity index (χ4n) is 4.71. The number of fused-ring (bicyclic) bond motifs is 1. The highest BCUT2D eigenvalue weighted by molar-refractivity contribution is 5.80. The number of nitrogens with one attached hydrogen (secondary N) is 1. The number of benzene rings is 2. The molecule has 0 bridgehead atoms. The molecule has 2 aromatic carbocycles. The zero-order valence-corrected chi connectivity index (χ0v) is 21.6. The molecule has 10 heteroatoms. The van der Waals surface area contributed by atoms with Gasteiger partial charge in [0.1, 0.15) is 12.4 Å². The molecule has 0 spiro atoms. The first-order valence-corrected chi connectivity index (χ1v) is 12.8. The molecule has 1 atom stereocenters. The number of rotatable bonds is 7. The minimum atomic E-state index is -0.800. The Hall–Kier alpha value is -4.34. The number of para-hydroxylation sites is 1. The van der Waals surface area contributed by atoms with Crippen LogP contribution in [0.15, 0.2) is 54.7 Å². The average molecular weight is 518 g/mol. The number of hydrogen-bond donors (Lipinski definition) is 1. The third kappa shape index (κ3) is 5.64. The Kier molecular flexibility index (Phi) is 7.57. The molecule has 2 aliphatic rings. The van der Waals surface area contributed by atoms with Gasteiger partial charge in [-0.1, -0.05) is 36.8 Å². The first-order chi connectivity index (χ1) is 18.5. The Morgan fingerprint density at radius 1 is 1.11 bits per heavy atom. The zero-order valence-electron chi connectivity index (χ0n) is 21.6. The number of hydrogen-bond acceptors (Lipinski definition) is 8. The van der Waals surface area contributed by atoms with E-state index in [4.69, 9.17) is 14.2 Å². The molecule has 1 fully saturated rings. The van der Waals surface area contributed by atoms with Crippen LogP contribution in [0.25, 0.3) is 0 Å². The molecule has 3 heterocycles. The van der Waals surface area contributed by atoms with Gasteiger partial charge >= 0.3 is 6.09 Å². The van der Waals surface area contributed by atoms with E-state index in [1.165, 1.54) is 16.8 Å².